The van der Waals surface area contributed by atoms with Gasteiger partial charge in [0.05, 0.1) is 28.2 Å². The molecule has 0 amide bonds. The topological polar surface area (TPSA) is 56.5 Å². The molecule has 0 aliphatic rings. The van der Waals surface area contributed by atoms with Crippen LogP contribution in [0.25, 0.3) is 10.9 Å². The molecule has 0 radical (unpaired) electrons. The molecule has 1 aromatic heterocycles. The van der Waals surface area contributed by atoms with Gasteiger partial charge in [-0.1, -0.05) is 62.1 Å². The van der Waals surface area contributed by atoms with E-state index in [0.29, 0.717) is 39.7 Å². The van der Waals surface area contributed by atoms with E-state index < -0.39 is 0 Å². The van der Waals surface area contributed by atoms with E-state index in [9.17, 15) is 4.79 Å². The quantitative estimate of drug-likeness (QED) is 0.284. The SMILES string of the molecule is CC[C@@H](C)c1nc2ccc(Br)cc2c(=O)n1N=Cc1cc(Cl)cc(Br)c1OCC(C)(C)C. The average Bonchev–Trinajstić information content (AvgIpc) is 2.71. The maximum Gasteiger partial charge on any atom is 0.282 e. The van der Waals surface area contributed by atoms with Gasteiger partial charge in [-0.3, -0.25) is 4.79 Å². The Kier molecular flexibility index (Phi) is 7.84. The summed E-state index contributed by atoms with van der Waals surface area (Å²) in [5, 5.41) is 5.59. The molecule has 8 heteroatoms. The zero-order valence-electron chi connectivity index (χ0n) is 18.7. The molecule has 1 atom stereocenters. The molecule has 2 aromatic carbocycles. The highest BCUT2D eigenvalue weighted by atomic mass is 79.9. The number of hydrogen-bond donors (Lipinski definition) is 0. The highest BCUT2D eigenvalue weighted by molar-refractivity contribution is 9.10. The average molecular weight is 584 g/mol. The van der Waals surface area contributed by atoms with Crippen molar-refractivity contribution in [3.8, 4) is 5.75 Å². The number of halogens is 3. The molecule has 3 aromatic rings. The fourth-order valence-corrected chi connectivity index (χ4v) is 4.33. The molecule has 0 aliphatic carbocycles. The number of aromatic nitrogens is 2. The first-order valence-corrected chi connectivity index (χ1v) is 12.3. The maximum absolute atomic E-state index is 13.3. The first kappa shape index (κ1) is 24.9. The van der Waals surface area contributed by atoms with Gasteiger partial charge in [-0.25, -0.2) is 4.98 Å². The first-order valence-electron chi connectivity index (χ1n) is 10.4. The minimum absolute atomic E-state index is 0.0240. The van der Waals surface area contributed by atoms with E-state index in [0.717, 1.165) is 15.4 Å². The molecule has 32 heavy (non-hydrogen) atoms. The molecule has 3 rings (SSSR count). The summed E-state index contributed by atoms with van der Waals surface area (Å²) in [7, 11) is 0. The van der Waals surface area contributed by atoms with Crippen molar-refractivity contribution in [1.29, 1.82) is 0 Å². The zero-order valence-corrected chi connectivity index (χ0v) is 22.7. The maximum atomic E-state index is 13.3. The molecule has 0 N–H and O–H groups in total. The Morgan fingerprint density at radius 2 is 1.97 bits per heavy atom. The highest BCUT2D eigenvalue weighted by Crippen LogP contribution is 2.33. The molecule has 0 fully saturated rings. The molecule has 170 valence electrons. The van der Waals surface area contributed by atoms with Crippen LogP contribution in [0.4, 0.5) is 0 Å². The second kappa shape index (κ2) is 10.1. The number of ether oxygens (including phenoxy) is 1. The Hall–Kier alpha value is -1.70. The normalized spacial score (nSPS) is 13.1. The summed E-state index contributed by atoms with van der Waals surface area (Å²) in [6, 6.07) is 9.04. The van der Waals surface area contributed by atoms with Crippen LogP contribution in [0.1, 0.15) is 58.3 Å². The molecule has 0 aliphatic heterocycles. The zero-order chi connectivity index (χ0) is 23.6. The van der Waals surface area contributed by atoms with Gasteiger partial charge in [0.15, 0.2) is 0 Å². The molecule has 0 spiro atoms. The van der Waals surface area contributed by atoms with Gasteiger partial charge in [0.1, 0.15) is 11.6 Å². The first-order chi connectivity index (χ1) is 15.0. The second-order valence-corrected chi connectivity index (χ2v) is 11.2. The molecular weight excluding hydrogens is 558 g/mol. The van der Waals surface area contributed by atoms with E-state index in [2.05, 4.69) is 64.7 Å². The van der Waals surface area contributed by atoms with Crippen LogP contribution in [0.2, 0.25) is 5.02 Å². The lowest BCUT2D eigenvalue weighted by molar-refractivity contribution is 0.196. The third-order valence-electron chi connectivity index (χ3n) is 4.89. The third kappa shape index (κ3) is 5.80. The van der Waals surface area contributed by atoms with Crippen molar-refractivity contribution in [1.82, 2.24) is 9.66 Å². The lowest BCUT2D eigenvalue weighted by Crippen LogP contribution is -2.24. The lowest BCUT2D eigenvalue weighted by atomic mass is 9.98. The van der Waals surface area contributed by atoms with Gasteiger partial charge in [-0.2, -0.15) is 9.78 Å². The minimum Gasteiger partial charge on any atom is -0.491 e. The van der Waals surface area contributed by atoms with Crippen LogP contribution in [-0.2, 0) is 0 Å². The largest absolute Gasteiger partial charge is 0.491 e. The number of benzene rings is 2. The number of rotatable bonds is 6. The Morgan fingerprint density at radius 1 is 1.25 bits per heavy atom. The van der Waals surface area contributed by atoms with E-state index in [-0.39, 0.29) is 16.9 Å². The van der Waals surface area contributed by atoms with Crippen molar-refractivity contribution in [2.75, 3.05) is 6.61 Å². The van der Waals surface area contributed by atoms with Gasteiger partial charge in [-0.15, -0.1) is 0 Å². The summed E-state index contributed by atoms with van der Waals surface area (Å²) >= 11 is 13.3. The van der Waals surface area contributed by atoms with E-state index in [1.807, 2.05) is 19.1 Å². The molecule has 1 heterocycles. The highest BCUT2D eigenvalue weighted by Gasteiger charge is 2.18. The Labute approximate surface area is 210 Å². The summed E-state index contributed by atoms with van der Waals surface area (Å²) in [5.74, 6) is 1.29. The molecule has 0 bridgehead atoms. The summed E-state index contributed by atoms with van der Waals surface area (Å²) in [4.78, 5) is 18.1. The van der Waals surface area contributed by atoms with Crippen molar-refractivity contribution in [3.63, 3.8) is 0 Å². The van der Waals surface area contributed by atoms with Crippen molar-refractivity contribution < 1.29 is 4.74 Å². The predicted octanol–water partition coefficient (Wildman–Crippen LogP) is 7.40. The number of fused-ring (bicyclic) bond motifs is 1. The number of hydrogen-bond acceptors (Lipinski definition) is 4. The Morgan fingerprint density at radius 3 is 2.62 bits per heavy atom. The van der Waals surface area contributed by atoms with Gasteiger partial charge in [0.2, 0.25) is 0 Å². The molecule has 0 saturated carbocycles. The molecule has 0 unspecified atom stereocenters. The van der Waals surface area contributed by atoms with Gasteiger partial charge in [0, 0.05) is 21.0 Å². The summed E-state index contributed by atoms with van der Waals surface area (Å²) in [6.45, 7) is 10.9. The van der Waals surface area contributed by atoms with Crippen LogP contribution in [0.5, 0.6) is 5.75 Å². The lowest BCUT2D eigenvalue weighted by Gasteiger charge is -2.20. The van der Waals surface area contributed by atoms with Crippen molar-refractivity contribution >= 4 is 60.6 Å². The summed E-state index contributed by atoms with van der Waals surface area (Å²) in [6.07, 6.45) is 2.43. The fourth-order valence-electron chi connectivity index (χ4n) is 3.02. The van der Waals surface area contributed by atoms with Crippen molar-refractivity contribution in [2.45, 2.75) is 47.0 Å². The number of nitrogens with zero attached hydrogens (tertiary/aromatic N) is 3. The summed E-state index contributed by atoms with van der Waals surface area (Å²) in [5.41, 5.74) is 1.08. The van der Waals surface area contributed by atoms with E-state index in [1.54, 1.807) is 24.4 Å². The van der Waals surface area contributed by atoms with Gasteiger partial charge < -0.3 is 4.74 Å². The standard InChI is InChI=1S/C24H26Br2ClN3O2/c1-6-14(2)22-29-20-8-7-16(25)10-18(20)23(31)30(22)28-12-15-9-17(27)11-19(26)21(15)32-13-24(3,4)5/h7-12,14H,6,13H2,1-5H3/t14-/m1/s1. The van der Waals surface area contributed by atoms with Crippen LogP contribution in [0.3, 0.4) is 0 Å². The van der Waals surface area contributed by atoms with Gasteiger partial charge in [0.25, 0.3) is 5.56 Å². The molecule has 0 saturated heterocycles. The van der Waals surface area contributed by atoms with E-state index >= 15 is 0 Å². The fraction of sp³-hybridized carbons (Fsp3) is 0.375. The van der Waals surface area contributed by atoms with E-state index in [1.165, 1.54) is 4.68 Å². The molecular formula is C24H26Br2ClN3O2. The third-order valence-corrected chi connectivity index (χ3v) is 6.19. The van der Waals surface area contributed by atoms with Crippen LogP contribution in [0, 0.1) is 5.41 Å². The van der Waals surface area contributed by atoms with Gasteiger partial charge >= 0.3 is 0 Å². The van der Waals surface area contributed by atoms with Crippen LogP contribution >= 0.6 is 43.5 Å². The Balaban J connectivity index is 2.16. The van der Waals surface area contributed by atoms with Crippen molar-refractivity contribution in [2.24, 2.45) is 10.5 Å². The monoisotopic (exact) mass is 581 g/mol. The van der Waals surface area contributed by atoms with Gasteiger partial charge in [-0.05, 0) is 58.1 Å². The Bertz CT molecular complexity index is 1230. The van der Waals surface area contributed by atoms with Crippen LogP contribution in [0.15, 0.2) is 49.2 Å². The van der Waals surface area contributed by atoms with E-state index in [4.69, 9.17) is 21.3 Å². The smallest absolute Gasteiger partial charge is 0.282 e. The van der Waals surface area contributed by atoms with Crippen LogP contribution in [-0.4, -0.2) is 22.5 Å². The van der Waals surface area contributed by atoms with Crippen LogP contribution < -0.4 is 10.3 Å². The van der Waals surface area contributed by atoms with Crippen molar-refractivity contribution in [3.05, 3.63) is 66.0 Å². The summed E-state index contributed by atoms with van der Waals surface area (Å²) < 4.78 is 9.01. The second-order valence-electron chi connectivity index (χ2n) is 8.96. The minimum atomic E-state index is -0.221. The molecule has 5 nitrogen and oxygen atoms in total. The predicted molar refractivity (Wildman–Crippen MR) is 140 cm³/mol.